The summed E-state index contributed by atoms with van der Waals surface area (Å²) in [6.07, 6.45) is 5.14. The van der Waals surface area contributed by atoms with Gasteiger partial charge in [0.15, 0.2) is 11.5 Å². The molecule has 0 aliphatic carbocycles. The summed E-state index contributed by atoms with van der Waals surface area (Å²) in [5.74, 6) is 0.219. The van der Waals surface area contributed by atoms with Gasteiger partial charge in [-0.15, -0.1) is 0 Å². The van der Waals surface area contributed by atoms with Crippen LogP contribution in [-0.4, -0.2) is 10.1 Å². The molecular formula is C13H13N2O+. The summed E-state index contributed by atoms with van der Waals surface area (Å²) in [7, 11) is 0. The van der Waals surface area contributed by atoms with Gasteiger partial charge in [0.1, 0.15) is 6.20 Å². The third-order valence-electron chi connectivity index (χ3n) is 2.22. The molecule has 0 spiro atoms. The number of aryl methyl sites for hydroxylation is 1. The molecule has 0 atom stereocenters. The molecule has 0 saturated heterocycles. The minimum Gasteiger partial charge on any atom is -0.504 e. The molecule has 0 unspecified atom stereocenters. The van der Waals surface area contributed by atoms with Crippen LogP contribution in [0.25, 0.3) is 12.0 Å². The molecule has 0 aliphatic heterocycles. The zero-order chi connectivity index (χ0) is 11.4. The lowest BCUT2D eigenvalue weighted by atomic mass is 10.2. The molecule has 0 radical (unpaired) electrons. The number of hydrogen-bond donors (Lipinski definition) is 1. The number of nitrogens with zero attached hydrogens (tertiary/aromatic N) is 2. The topological polar surface area (TPSA) is 37.0 Å². The van der Waals surface area contributed by atoms with Crippen LogP contribution in [0.15, 0.2) is 48.9 Å². The zero-order valence-corrected chi connectivity index (χ0v) is 9.04. The first-order valence-electron chi connectivity index (χ1n) is 5.05. The molecule has 3 nitrogen and oxygen atoms in total. The highest BCUT2D eigenvalue weighted by atomic mass is 16.3. The summed E-state index contributed by atoms with van der Waals surface area (Å²) in [6, 6.07) is 11.3. The largest absolute Gasteiger partial charge is 0.504 e. The zero-order valence-electron chi connectivity index (χ0n) is 9.04. The van der Waals surface area contributed by atoms with Gasteiger partial charge in [0.25, 0.3) is 6.33 Å². The smallest absolute Gasteiger partial charge is 0.291 e. The van der Waals surface area contributed by atoms with Crippen molar-refractivity contribution in [3.8, 4) is 0 Å². The molecule has 1 heterocycles. The van der Waals surface area contributed by atoms with Gasteiger partial charge in [0.05, 0.1) is 6.20 Å². The highest BCUT2D eigenvalue weighted by molar-refractivity contribution is 5.65. The quantitative estimate of drug-likeness (QED) is 0.613. The molecule has 0 bridgehead atoms. The van der Waals surface area contributed by atoms with Crippen molar-refractivity contribution in [2.24, 2.45) is 0 Å². The number of aliphatic hydroxyl groups is 1. The van der Waals surface area contributed by atoms with Crippen LogP contribution >= 0.6 is 0 Å². The average molecular weight is 213 g/mol. The Hall–Kier alpha value is -2.16. The van der Waals surface area contributed by atoms with Crippen molar-refractivity contribution in [3.05, 3.63) is 60.2 Å². The first-order chi connectivity index (χ1) is 7.75. The summed E-state index contributed by atoms with van der Waals surface area (Å²) in [4.78, 5) is 4.13. The van der Waals surface area contributed by atoms with Gasteiger partial charge in [-0.2, -0.15) is 0 Å². The lowest BCUT2D eigenvalue weighted by Gasteiger charge is -1.97. The van der Waals surface area contributed by atoms with Crippen LogP contribution in [0.4, 0.5) is 0 Å². The maximum absolute atomic E-state index is 9.86. The third kappa shape index (κ3) is 2.45. The fourth-order valence-electron chi connectivity index (χ4n) is 1.33. The highest BCUT2D eigenvalue weighted by Crippen LogP contribution is 2.09. The lowest BCUT2D eigenvalue weighted by Crippen LogP contribution is -2.26. The maximum Gasteiger partial charge on any atom is 0.291 e. The van der Waals surface area contributed by atoms with Gasteiger partial charge >= 0.3 is 0 Å². The standard InChI is InChI=1S/C13H12N2O/c1-11-7-8-15(10-14-11)9-13(16)12-5-3-2-4-6-12/h2-10H,1H3/p+1/b13-9+. The van der Waals surface area contributed by atoms with E-state index in [0.717, 1.165) is 11.3 Å². The van der Waals surface area contributed by atoms with Crippen LogP contribution in [0.1, 0.15) is 11.3 Å². The van der Waals surface area contributed by atoms with Crippen molar-refractivity contribution >= 4 is 12.0 Å². The first-order valence-corrected chi connectivity index (χ1v) is 5.05. The molecule has 1 aromatic carbocycles. The number of rotatable bonds is 2. The third-order valence-corrected chi connectivity index (χ3v) is 2.22. The minimum absolute atomic E-state index is 0.219. The molecule has 16 heavy (non-hydrogen) atoms. The minimum atomic E-state index is 0.219. The highest BCUT2D eigenvalue weighted by Gasteiger charge is 2.01. The van der Waals surface area contributed by atoms with E-state index in [4.69, 9.17) is 0 Å². The molecule has 1 N–H and O–H groups in total. The predicted molar refractivity (Wildman–Crippen MR) is 62.4 cm³/mol. The predicted octanol–water partition coefficient (Wildman–Crippen LogP) is 2.19. The van der Waals surface area contributed by atoms with Crippen molar-refractivity contribution < 1.29 is 9.67 Å². The van der Waals surface area contributed by atoms with E-state index in [9.17, 15) is 5.11 Å². The van der Waals surface area contributed by atoms with Crippen molar-refractivity contribution in [1.82, 2.24) is 4.98 Å². The second kappa shape index (κ2) is 4.57. The van der Waals surface area contributed by atoms with E-state index < -0.39 is 0 Å². The summed E-state index contributed by atoms with van der Waals surface area (Å²) in [5, 5.41) is 9.86. The molecule has 0 aliphatic rings. The first kappa shape index (κ1) is 10.4. The summed E-state index contributed by atoms with van der Waals surface area (Å²) < 4.78 is 1.72. The average Bonchev–Trinajstić information content (AvgIpc) is 2.33. The Morgan fingerprint density at radius 2 is 2.00 bits per heavy atom. The van der Waals surface area contributed by atoms with E-state index in [2.05, 4.69) is 4.98 Å². The van der Waals surface area contributed by atoms with Gasteiger partial charge in [-0.05, 0) is 0 Å². The van der Waals surface area contributed by atoms with Crippen LogP contribution in [0.3, 0.4) is 0 Å². The molecule has 3 heteroatoms. The van der Waals surface area contributed by atoms with Crippen molar-refractivity contribution in [1.29, 1.82) is 0 Å². The fourth-order valence-corrected chi connectivity index (χ4v) is 1.33. The Bertz CT molecular complexity index is 489. The van der Waals surface area contributed by atoms with Gasteiger partial charge in [-0.25, -0.2) is 4.57 Å². The fraction of sp³-hybridized carbons (Fsp3) is 0.0769. The molecule has 0 saturated carbocycles. The maximum atomic E-state index is 9.86. The number of aliphatic hydroxyl groups excluding tert-OH is 1. The lowest BCUT2D eigenvalue weighted by molar-refractivity contribution is -0.571. The molecule has 0 fully saturated rings. The van der Waals surface area contributed by atoms with Crippen LogP contribution < -0.4 is 4.57 Å². The summed E-state index contributed by atoms with van der Waals surface area (Å²) >= 11 is 0. The molecule has 1 aromatic heterocycles. The van der Waals surface area contributed by atoms with E-state index in [1.165, 1.54) is 0 Å². The van der Waals surface area contributed by atoms with Crippen molar-refractivity contribution in [3.63, 3.8) is 0 Å². The Labute approximate surface area is 94.3 Å². The molecular weight excluding hydrogens is 200 g/mol. The van der Waals surface area contributed by atoms with Crippen molar-refractivity contribution in [2.45, 2.75) is 6.92 Å². The van der Waals surface area contributed by atoms with Gasteiger partial charge < -0.3 is 5.11 Å². The molecule has 2 rings (SSSR count). The van der Waals surface area contributed by atoms with Gasteiger partial charge in [-0.1, -0.05) is 35.3 Å². The van der Waals surface area contributed by atoms with Crippen LogP contribution in [-0.2, 0) is 0 Å². The van der Waals surface area contributed by atoms with Gasteiger partial charge in [-0.3, -0.25) is 0 Å². The van der Waals surface area contributed by atoms with Gasteiger partial charge in [0, 0.05) is 18.6 Å². The summed E-state index contributed by atoms with van der Waals surface area (Å²) in [6.45, 7) is 1.92. The normalized spacial score (nSPS) is 11.4. The number of aromatic nitrogens is 2. The molecule has 80 valence electrons. The Morgan fingerprint density at radius 1 is 1.25 bits per heavy atom. The SMILES string of the molecule is Cc1cc[n+](/C=C(/O)c2ccccc2)cn1. The second-order valence-electron chi connectivity index (χ2n) is 3.53. The van der Waals surface area contributed by atoms with Crippen LogP contribution in [0.2, 0.25) is 0 Å². The van der Waals surface area contributed by atoms with E-state index >= 15 is 0 Å². The van der Waals surface area contributed by atoms with E-state index in [1.54, 1.807) is 17.1 Å². The number of benzene rings is 1. The van der Waals surface area contributed by atoms with Crippen LogP contribution in [0.5, 0.6) is 0 Å². The number of hydrogen-bond acceptors (Lipinski definition) is 2. The summed E-state index contributed by atoms with van der Waals surface area (Å²) in [5.41, 5.74) is 1.74. The Balaban J connectivity index is 2.28. The second-order valence-corrected chi connectivity index (χ2v) is 3.53. The van der Waals surface area contributed by atoms with E-state index in [-0.39, 0.29) is 5.76 Å². The van der Waals surface area contributed by atoms with Crippen molar-refractivity contribution in [2.75, 3.05) is 0 Å². The monoisotopic (exact) mass is 213 g/mol. The van der Waals surface area contributed by atoms with Crippen LogP contribution in [0, 0.1) is 6.92 Å². The Kier molecular flexibility index (Phi) is 2.96. The Morgan fingerprint density at radius 3 is 2.62 bits per heavy atom. The van der Waals surface area contributed by atoms with Gasteiger partial charge in [0.2, 0.25) is 0 Å². The molecule has 2 aromatic rings. The van der Waals surface area contributed by atoms with E-state index in [0.29, 0.717) is 0 Å². The van der Waals surface area contributed by atoms with E-state index in [1.807, 2.05) is 49.5 Å². The molecule has 0 amide bonds.